The Hall–Kier alpha value is -2.85. The molecule has 132 valence electrons. The Bertz CT molecular complexity index is 925. The minimum Gasteiger partial charge on any atom is -0.508 e. The van der Waals surface area contributed by atoms with Crippen LogP contribution in [-0.2, 0) is 6.54 Å². The van der Waals surface area contributed by atoms with E-state index in [9.17, 15) is 9.90 Å². The van der Waals surface area contributed by atoms with E-state index >= 15 is 0 Å². The zero-order chi connectivity index (χ0) is 17.9. The van der Waals surface area contributed by atoms with Crippen LogP contribution in [0.1, 0.15) is 15.9 Å². The molecule has 0 radical (unpaired) electrons. The first-order valence-corrected chi connectivity index (χ1v) is 8.98. The molecule has 0 bridgehead atoms. The van der Waals surface area contributed by atoms with Gasteiger partial charge in [-0.15, -0.1) is 0 Å². The number of benzene rings is 3. The lowest BCUT2D eigenvalue weighted by Crippen LogP contribution is -2.48. The van der Waals surface area contributed by atoms with Crippen molar-refractivity contribution in [2.75, 3.05) is 26.2 Å². The number of hydrogen-bond acceptors (Lipinski definition) is 3. The molecule has 4 rings (SSSR count). The molecule has 1 heterocycles. The summed E-state index contributed by atoms with van der Waals surface area (Å²) in [6.45, 7) is 4.02. The van der Waals surface area contributed by atoms with Gasteiger partial charge in [-0.1, -0.05) is 48.5 Å². The van der Waals surface area contributed by atoms with Crippen molar-refractivity contribution in [1.29, 1.82) is 0 Å². The van der Waals surface area contributed by atoms with Gasteiger partial charge in [0, 0.05) is 38.3 Å². The van der Waals surface area contributed by atoms with Gasteiger partial charge in [0.2, 0.25) is 0 Å². The van der Waals surface area contributed by atoms with Crippen LogP contribution in [0.15, 0.2) is 66.7 Å². The first kappa shape index (κ1) is 16.6. The predicted molar refractivity (Wildman–Crippen MR) is 103 cm³/mol. The lowest BCUT2D eigenvalue weighted by Gasteiger charge is -2.35. The van der Waals surface area contributed by atoms with Gasteiger partial charge >= 0.3 is 0 Å². The van der Waals surface area contributed by atoms with Crippen LogP contribution in [0.2, 0.25) is 0 Å². The molecule has 0 spiro atoms. The molecule has 3 aromatic carbocycles. The van der Waals surface area contributed by atoms with E-state index in [0.29, 0.717) is 18.7 Å². The van der Waals surface area contributed by atoms with E-state index in [4.69, 9.17) is 0 Å². The zero-order valence-corrected chi connectivity index (χ0v) is 14.6. The maximum atomic E-state index is 12.6. The second kappa shape index (κ2) is 7.18. The molecule has 26 heavy (non-hydrogen) atoms. The van der Waals surface area contributed by atoms with Crippen molar-refractivity contribution >= 4 is 16.7 Å². The molecule has 0 aliphatic carbocycles. The maximum Gasteiger partial charge on any atom is 0.254 e. The number of hydrogen-bond donors (Lipinski definition) is 1. The van der Waals surface area contributed by atoms with Crippen LogP contribution >= 0.6 is 0 Å². The number of carbonyl (C=O) groups excluding carboxylic acids is 1. The van der Waals surface area contributed by atoms with Gasteiger partial charge in [0.1, 0.15) is 5.75 Å². The third-order valence-electron chi connectivity index (χ3n) is 5.03. The normalized spacial score (nSPS) is 15.3. The lowest BCUT2D eigenvalue weighted by molar-refractivity contribution is 0.0628. The monoisotopic (exact) mass is 346 g/mol. The largest absolute Gasteiger partial charge is 0.508 e. The standard InChI is InChI=1S/C22H22N2O2/c25-20-9-4-7-18(15-20)22(26)24-13-11-23(12-14-24)16-19-8-3-6-17-5-1-2-10-21(17)19/h1-10,15,25H,11-14,16H2. The molecule has 1 fully saturated rings. The first-order valence-electron chi connectivity index (χ1n) is 8.98. The molecule has 3 aromatic rings. The van der Waals surface area contributed by atoms with Gasteiger partial charge < -0.3 is 10.0 Å². The fraction of sp³-hybridized carbons (Fsp3) is 0.227. The van der Waals surface area contributed by atoms with E-state index in [0.717, 1.165) is 19.6 Å². The zero-order valence-electron chi connectivity index (χ0n) is 14.6. The Morgan fingerprint density at radius 1 is 0.885 bits per heavy atom. The summed E-state index contributed by atoms with van der Waals surface area (Å²) in [6.07, 6.45) is 0. The minimum atomic E-state index is -0.00860. The molecule has 0 aromatic heterocycles. The molecule has 1 aliphatic rings. The molecule has 1 aliphatic heterocycles. The van der Waals surface area contributed by atoms with E-state index in [2.05, 4.69) is 47.4 Å². The lowest BCUT2D eigenvalue weighted by atomic mass is 10.0. The Balaban J connectivity index is 1.41. The van der Waals surface area contributed by atoms with Gasteiger partial charge in [-0.3, -0.25) is 9.69 Å². The van der Waals surface area contributed by atoms with Crippen molar-refractivity contribution in [2.45, 2.75) is 6.54 Å². The quantitative estimate of drug-likeness (QED) is 0.789. The van der Waals surface area contributed by atoms with E-state index < -0.39 is 0 Å². The topological polar surface area (TPSA) is 43.8 Å². The van der Waals surface area contributed by atoms with Gasteiger partial charge in [-0.05, 0) is 34.5 Å². The summed E-state index contributed by atoms with van der Waals surface area (Å²) >= 11 is 0. The van der Waals surface area contributed by atoms with Crippen LogP contribution in [0, 0.1) is 0 Å². The molecule has 4 nitrogen and oxygen atoms in total. The molecular formula is C22H22N2O2. The van der Waals surface area contributed by atoms with Crippen LogP contribution in [-0.4, -0.2) is 47.0 Å². The fourth-order valence-electron chi connectivity index (χ4n) is 3.60. The van der Waals surface area contributed by atoms with Crippen molar-refractivity contribution in [3.8, 4) is 5.75 Å². The second-order valence-electron chi connectivity index (χ2n) is 6.76. The summed E-state index contributed by atoms with van der Waals surface area (Å²) in [4.78, 5) is 16.9. The van der Waals surface area contributed by atoms with Gasteiger partial charge in [0.15, 0.2) is 0 Å². The molecular weight excluding hydrogens is 324 g/mol. The van der Waals surface area contributed by atoms with Gasteiger partial charge in [0.25, 0.3) is 5.91 Å². The summed E-state index contributed by atoms with van der Waals surface area (Å²) in [5.74, 6) is 0.121. The van der Waals surface area contributed by atoms with Crippen molar-refractivity contribution in [3.05, 3.63) is 77.9 Å². The van der Waals surface area contributed by atoms with Crippen LogP contribution in [0.3, 0.4) is 0 Å². The Morgan fingerprint density at radius 2 is 1.62 bits per heavy atom. The average molecular weight is 346 g/mol. The number of piperazine rings is 1. The summed E-state index contributed by atoms with van der Waals surface area (Å²) in [7, 11) is 0. The molecule has 1 saturated heterocycles. The molecule has 4 heteroatoms. The Kier molecular flexibility index (Phi) is 4.59. The summed E-state index contributed by atoms with van der Waals surface area (Å²) < 4.78 is 0. The van der Waals surface area contributed by atoms with Crippen LogP contribution in [0.25, 0.3) is 10.8 Å². The number of fused-ring (bicyclic) bond motifs is 1. The number of carbonyl (C=O) groups is 1. The Labute approximate surface area is 153 Å². The van der Waals surface area contributed by atoms with Crippen molar-refractivity contribution < 1.29 is 9.90 Å². The number of aromatic hydroxyl groups is 1. The minimum absolute atomic E-state index is 0.00860. The maximum absolute atomic E-state index is 12.6. The molecule has 0 atom stereocenters. The predicted octanol–water partition coefficient (Wildman–Crippen LogP) is 3.50. The van der Waals surface area contributed by atoms with Gasteiger partial charge in [-0.25, -0.2) is 0 Å². The number of amides is 1. The van der Waals surface area contributed by atoms with Crippen molar-refractivity contribution in [2.24, 2.45) is 0 Å². The van der Waals surface area contributed by atoms with Crippen LogP contribution < -0.4 is 0 Å². The Morgan fingerprint density at radius 3 is 2.42 bits per heavy atom. The highest BCUT2D eigenvalue weighted by Crippen LogP contribution is 2.21. The van der Waals surface area contributed by atoms with Gasteiger partial charge in [0.05, 0.1) is 0 Å². The highest BCUT2D eigenvalue weighted by molar-refractivity contribution is 5.94. The molecule has 0 saturated carbocycles. The third kappa shape index (κ3) is 3.41. The summed E-state index contributed by atoms with van der Waals surface area (Å²) in [5, 5.41) is 12.1. The highest BCUT2D eigenvalue weighted by atomic mass is 16.3. The van der Waals surface area contributed by atoms with E-state index in [1.165, 1.54) is 22.4 Å². The third-order valence-corrected chi connectivity index (χ3v) is 5.03. The number of phenols is 1. The van der Waals surface area contributed by atoms with E-state index in [-0.39, 0.29) is 11.7 Å². The number of nitrogens with zero attached hydrogens (tertiary/aromatic N) is 2. The highest BCUT2D eigenvalue weighted by Gasteiger charge is 2.22. The van der Waals surface area contributed by atoms with Crippen molar-refractivity contribution in [3.63, 3.8) is 0 Å². The molecule has 1 N–H and O–H groups in total. The molecule has 1 amide bonds. The van der Waals surface area contributed by atoms with Gasteiger partial charge in [-0.2, -0.15) is 0 Å². The van der Waals surface area contributed by atoms with Crippen LogP contribution in [0.4, 0.5) is 0 Å². The number of rotatable bonds is 3. The first-order chi connectivity index (χ1) is 12.7. The second-order valence-corrected chi connectivity index (χ2v) is 6.76. The fourth-order valence-corrected chi connectivity index (χ4v) is 3.60. The summed E-state index contributed by atoms with van der Waals surface area (Å²) in [5.41, 5.74) is 1.88. The number of phenolic OH excluding ortho intramolecular Hbond substituents is 1. The smallest absolute Gasteiger partial charge is 0.254 e. The molecule has 0 unspecified atom stereocenters. The summed E-state index contributed by atoms with van der Waals surface area (Å²) in [6, 6.07) is 21.5. The van der Waals surface area contributed by atoms with E-state index in [1.54, 1.807) is 18.2 Å². The van der Waals surface area contributed by atoms with E-state index in [1.807, 2.05) is 4.90 Å². The SMILES string of the molecule is O=C(c1cccc(O)c1)N1CCN(Cc2cccc3ccccc23)CC1. The van der Waals surface area contributed by atoms with Crippen molar-refractivity contribution in [1.82, 2.24) is 9.80 Å². The average Bonchev–Trinajstić information content (AvgIpc) is 2.68. The van der Waals surface area contributed by atoms with Crippen LogP contribution in [0.5, 0.6) is 5.75 Å².